The Morgan fingerprint density at radius 2 is 1.65 bits per heavy atom. The van der Waals surface area contributed by atoms with Crippen LogP contribution in [0.4, 0.5) is 0 Å². The van der Waals surface area contributed by atoms with Crippen LogP contribution in [0.25, 0.3) is 6.08 Å². The number of carbonyl (C=O) groups is 1. The molecule has 5 nitrogen and oxygen atoms in total. The third-order valence-corrected chi connectivity index (χ3v) is 6.50. The van der Waals surface area contributed by atoms with Gasteiger partial charge in [-0.2, -0.15) is 0 Å². The number of carbonyl (C=O) groups excluding carboxylic acids is 1. The molecule has 0 unspecified atom stereocenters. The van der Waals surface area contributed by atoms with Gasteiger partial charge in [-0.15, -0.1) is 0 Å². The highest BCUT2D eigenvalue weighted by Gasteiger charge is 2.32. The molecule has 1 aliphatic rings. The largest absolute Gasteiger partial charge is 0.497 e. The molecule has 0 aromatic heterocycles. The normalized spacial score (nSPS) is 14.5. The fraction of sp³-hybridized carbons (Fsp3) is 0.185. The number of amides is 1. The summed E-state index contributed by atoms with van der Waals surface area (Å²) >= 11 is 6.79. The molecule has 0 spiro atoms. The van der Waals surface area contributed by atoms with Crippen molar-refractivity contribution in [1.82, 2.24) is 4.90 Å². The molecule has 0 saturated carbocycles. The van der Waals surface area contributed by atoms with Crippen molar-refractivity contribution in [3.8, 4) is 17.2 Å². The Morgan fingerprint density at radius 1 is 0.912 bits per heavy atom. The van der Waals surface area contributed by atoms with Crippen molar-refractivity contribution < 1.29 is 19.0 Å². The molecule has 3 aromatic carbocycles. The van der Waals surface area contributed by atoms with E-state index in [1.54, 1.807) is 12.0 Å². The Labute approximate surface area is 209 Å². The second kappa shape index (κ2) is 11.7. The van der Waals surface area contributed by atoms with E-state index in [9.17, 15) is 4.79 Å². The number of hydrogen-bond donors (Lipinski definition) is 0. The zero-order valence-corrected chi connectivity index (χ0v) is 20.4. The Morgan fingerprint density at radius 3 is 2.47 bits per heavy atom. The molecule has 0 radical (unpaired) electrons. The minimum atomic E-state index is -0.0830. The molecule has 7 heteroatoms. The van der Waals surface area contributed by atoms with Crippen LogP contribution in [0, 0.1) is 0 Å². The molecular weight excluding hydrogens is 466 g/mol. The van der Waals surface area contributed by atoms with Gasteiger partial charge in [0.1, 0.15) is 21.6 Å². The smallest absolute Gasteiger partial charge is 0.266 e. The molecule has 1 amide bonds. The number of para-hydroxylation sites is 1. The summed E-state index contributed by atoms with van der Waals surface area (Å²) in [6, 6.07) is 25.0. The number of ether oxygens (including phenoxy) is 3. The SMILES string of the molecule is COc1cccc(OCCCOc2ccccc2/C=C2\SC(=S)N(Cc3ccccc3)C2=O)c1. The summed E-state index contributed by atoms with van der Waals surface area (Å²) in [5, 5.41) is 0. The van der Waals surface area contributed by atoms with E-state index in [2.05, 4.69) is 0 Å². The number of thioether (sulfide) groups is 1. The van der Waals surface area contributed by atoms with E-state index in [1.165, 1.54) is 11.8 Å². The lowest BCUT2D eigenvalue weighted by molar-refractivity contribution is -0.122. The first-order chi connectivity index (χ1) is 16.6. The molecular formula is C27H25NO4S2. The van der Waals surface area contributed by atoms with Gasteiger partial charge in [0.05, 0.1) is 31.8 Å². The average Bonchev–Trinajstić information content (AvgIpc) is 3.13. The number of rotatable bonds is 10. The zero-order chi connectivity index (χ0) is 23.8. The zero-order valence-electron chi connectivity index (χ0n) is 18.8. The van der Waals surface area contributed by atoms with Gasteiger partial charge in [-0.1, -0.05) is 78.6 Å². The molecule has 1 saturated heterocycles. The molecule has 1 aliphatic heterocycles. The second-order valence-electron chi connectivity index (χ2n) is 7.52. The molecule has 4 rings (SSSR count). The summed E-state index contributed by atoms with van der Waals surface area (Å²) < 4.78 is 17.5. The predicted octanol–water partition coefficient (Wildman–Crippen LogP) is 5.94. The van der Waals surface area contributed by atoms with Gasteiger partial charge in [0.2, 0.25) is 0 Å². The molecule has 34 heavy (non-hydrogen) atoms. The molecule has 0 N–H and O–H groups in total. The molecule has 0 bridgehead atoms. The standard InChI is InChI=1S/C27H25NO4S2/c1-30-22-12-7-13-23(18-22)31-15-8-16-32-24-14-6-5-11-21(24)17-25-26(29)28(27(33)34-25)19-20-9-3-2-4-10-20/h2-7,9-14,17-18H,8,15-16,19H2,1H3/b25-17-. The summed E-state index contributed by atoms with van der Waals surface area (Å²) in [7, 11) is 1.63. The average molecular weight is 492 g/mol. The maximum atomic E-state index is 13.0. The van der Waals surface area contributed by atoms with Crippen molar-refractivity contribution in [1.29, 1.82) is 0 Å². The monoisotopic (exact) mass is 491 g/mol. The van der Waals surface area contributed by atoms with Crippen LogP contribution < -0.4 is 14.2 Å². The highest BCUT2D eigenvalue weighted by molar-refractivity contribution is 8.26. The van der Waals surface area contributed by atoms with Crippen LogP contribution in [0.5, 0.6) is 17.2 Å². The predicted molar refractivity (Wildman–Crippen MR) is 140 cm³/mol. The minimum Gasteiger partial charge on any atom is -0.497 e. The van der Waals surface area contributed by atoms with Crippen LogP contribution in [-0.4, -0.2) is 35.5 Å². The highest BCUT2D eigenvalue weighted by atomic mass is 32.2. The minimum absolute atomic E-state index is 0.0830. The van der Waals surface area contributed by atoms with Crippen LogP contribution >= 0.6 is 24.0 Å². The molecule has 174 valence electrons. The van der Waals surface area contributed by atoms with E-state index >= 15 is 0 Å². The van der Waals surface area contributed by atoms with Crippen LogP contribution in [0.2, 0.25) is 0 Å². The van der Waals surface area contributed by atoms with Crippen molar-refractivity contribution >= 4 is 40.3 Å². The summed E-state index contributed by atoms with van der Waals surface area (Å²) in [5.74, 6) is 2.16. The Bertz CT molecular complexity index is 1180. The van der Waals surface area contributed by atoms with Crippen molar-refractivity contribution in [3.63, 3.8) is 0 Å². The summed E-state index contributed by atoms with van der Waals surface area (Å²) in [4.78, 5) is 15.2. The quantitative estimate of drug-likeness (QED) is 0.199. The summed E-state index contributed by atoms with van der Waals surface area (Å²) in [6.45, 7) is 1.48. The van der Waals surface area contributed by atoms with Gasteiger partial charge < -0.3 is 14.2 Å². The first-order valence-corrected chi connectivity index (χ1v) is 12.1. The third-order valence-electron chi connectivity index (χ3n) is 5.12. The van der Waals surface area contributed by atoms with Gasteiger partial charge >= 0.3 is 0 Å². The van der Waals surface area contributed by atoms with Crippen LogP contribution in [0.15, 0.2) is 83.8 Å². The van der Waals surface area contributed by atoms with Gasteiger partial charge in [0.25, 0.3) is 5.91 Å². The van der Waals surface area contributed by atoms with Gasteiger partial charge in [0.15, 0.2) is 0 Å². The van der Waals surface area contributed by atoms with E-state index in [0.29, 0.717) is 35.4 Å². The topological polar surface area (TPSA) is 48.0 Å². The van der Waals surface area contributed by atoms with Crippen molar-refractivity contribution in [3.05, 3.63) is 94.9 Å². The lowest BCUT2D eigenvalue weighted by atomic mass is 10.1. The van der Waals surface area contributed by atoms with Crippen LogP contribution in [0.1, 0.15) is 17.5 Å². The number of methoxy groups -OCH3 is 1. The number of thiocarbonyl (C=S) groups is 1. The highest BCUT2D eigenvalue weighted by Crippen LogP contribution is 2.35. The maximum Gasteiger partial charge on any atom is 0.266 e. The van der Waals surface area contributed by atoms with Gasteiger partial charge in [-0.3, -0.25) is 9.69 Å². The third kappa shape index (κ3) is 6.18. The second-order valence-corrected chi connectivity index (χ2v) is 9.20. The van der Waals surface area contributed by atoms with E-state index in [4.69, 9.17) is 26.4 Å². The molecule has 0 aliphatic carbocycles. The Balaban J connectivity index is 1.34. The lowest BCUT2D eigenvalue weighted by Gasteiger charge is -2.14. The summed E-state index contributed by atoms with van der Waals surface area (Å²) in [6.07, 6.45) is 2.57. The van der Waals surface area contributed by atoms with Gasteiger partial charge in [0, 0.05) is 18.1 Å². The number of hydrogen-bond acceptors (Lipinski definition) is 6. The van der Waals surface area contributed by atoms with Crippen molar-refractivity contribution in [2.75, 3.05) is 20.3 Å². The van der Waals surface area contributed by atoms with Gasteiger partial charge in [-0.05, 0) is 29.8 Å². The van der Waals surface area contributed by atoms with Crippen LogP contribution in [0.3, 0.4) is 0 Å². The fourth-order valence-corrected chi connectivity index (χ4v) is 4.64. The van der Waals surface area contributed by atoms with E-state index < -0.39 is 0 Å². The molecule has 1 heterocycles. The van der Waals surface area contributed by atoms with E-state index in [1.807, 2.05) is 84.9 Å². The van der Waals surface area contributed by atoms with Crippen LogP contribution in [-0.2, 0) is 11.3 Å². The molecule has 1 fully saturated rings. The summed E-state index contributed by atoms with van der Waals surface area (Å²) in [5.41, 5.74) is 1.89. The fourth-order valence-electron chi connectivity index (χ4n) is 3.40. The maximum absolute atomic E-state index is 13.0. The first-order valence-electron chi connectivity index (χ1n) is 10.9. The number of benzene rings is 3. The molecule has 0 atom stereocenters. The Hall–Kier alpha value is -3.29. The van der Waals surface area contributed by atoms with Crippen molar-refractivity contribution in [2.45, 2.75) is 13.0 Å². The molecule has 3 aromatic rings. The first kappa shape index (κ1) is 23.9. The van der Waals surface area contributed by atoms with Gasteiger partial charge in [-0.25, -0.2) is 0 Å². The van der Waals surface area contributed by atoms with E-state index in [0.717, 1.165) is 28.4 Å². The Kier molecular flexibility index (Phi) is 8.22. The van der Waals surface area contributed by atoms with E-state index in [-0.39, 0.29) is 5.91 Å². The van der Waals surface area contributed by atoms with Crippen molar-refractivity contribution in [2.24, 2.45) is 0 Å². The lowest BCUT2D eigenvalue weighted by Crippen LogP contribution is -2.27. The number of nitrogens with zero attached hydrogens (tertiary/aromatic N) is 1.